The lowest BCUT2D eigenvalue weighted by molar-refractivity contribution is 0.158. The molecule has 0 saturated carbocycles. The number of methoxy groups -OCH3 is 1. The number of hydrogen-bond donors (Lipinski definition) is 3. The van der Waals surface area contributed by atoms with Crippen LogP contribution in [0.2, 0.25) is 0 Å². The molecule has 3 N–H and O–H groups in total. The van der Waals surface area contributed by atoms with Crippen LogP contribution in [-0.2, 0) is 4.74 Å². The zero-order valence-corrected chi connectivity index (χ0v) is 11.0. The molecule has 7 nitrogen and oxygen atoms in total. The van der Waals surface area contributed by atoms with E-state index in [1.807, 2.05) is 13.8 Å². The smallest absolute Gasteiger partial charge is 0.226 e. The highest BCUT2D eigenvalue weighted by Gasteiger charge is 2.20. The zero-order valence-electron chi connectivity index (χ0n) is 11.0. The minimum absolute atomic E-state index is 0.230. The summed E-state index contributed by atoms with van der Waals surface area (Å²) in [4.78, 5) is 15.8. The summed E-state index contributed by atoms with van der Waals surface area (Å²) in [6, 6.07) is 0. The van der Waals surface area contributed by atoms with Crippen molar-refractivity contribution >= 4 is 22.9 Å². The number of rotatable bonds is 5. The van der Waals surface area contributed by atoms with Gasteiger partial charge in [0.1, 0.15) is 5.52 Å². The second-order valence-corrected chi connectivity index (χ2v) is 4.69. The summed E-state index contributed by atoms with van der Waals surface area (Å²) in [6.07, 6.45) is 1.60. The molecule has 0 bridgehead atoms. The van der Waals surface area contributed by atoms with E-state index >= 15 is 0 Å². The molecule has 0 amide bonds. The molecule has 0 aliphatic carbocycles. The van der Waals surface area contributed by atoms with Gasteiger partial charge >= 0.3 is 0 Å². The van der Waals surface area contributed by atoms with Crippen molar-refractivity contribution in [2.75, 3.05) is 31.4 Å². The highest BCUT2D eigenvalue weighted by molar-refractivity contribution is 5.83. The molecular weight excluding hydrogens is 232 g/mol. The number of imidazole rings is 1. The predicted octanol–water partition coefficient (Wildman–Crippen LogP) is 1.23. The average Bonchev–Trinajstić information content (AvgIpc) is 2.76. The Kier molecular flexibility index (Phi) is 3.33. The third kappa shape index (κ3) is 2.51. The third-order valence-electron chi connectivity index (χ3n) is 2.47. The first-order valence-corrected chi connectivity index (χ1v) is 5.72. The summed E-state index contributed by atoms with van der Waals surface area (Å²) in [7, 11) is 3.45. The Hall–Kier alpha value is -1.89. The molecule has 2 aromatic heterocycles. The lowest BCUT2D eigenvalue weighted by Crippen LogP contribution is -2.36. The van der Waals surface area contributed by atoms with Gasteiger partial charge in [-0.2, -0.15) is 9.97 Å². The van der Waals surface area contributed by atoms with Gasteiger partial charge in [-0.05, 0) is 13.8 Å². The van der Waals surface area contributed by atoms with Crippen LogP contribution in [0, 0.1) is 0 Å². The van der Waals surface area contributed by atoms with Gasteiger partial charge in [-0.25, -0.2) is 4.98 Å². The summed E-state index contributed by atoms with van der Waals surface area (Å²) in [6.45, 7) is 4.65. The molecule has 2 heterocycles. The van der Waals surface area contributed by atoms with Crippen LogP contribution < -0.4 is 10.6 Å². The first-order chi connectivity index (χ1) is 8.55. The van der Waals surface area contributed by atoms with E-state index < -0.39 is 0 Å². The number of ether oxygens (including phenoxy) is 1. The van der Waals surface area contributed by atoms with Gasteiger partial charge in [0.15, 0.2) is 11.5 Å². The topological polar surface area (TPSA) is 87.8 Å². The molecular formula is C11H18N6O. The van der Waals surface area contributed by atoms with Gasteiger partial charge in [-0.1, -0.05) is 0 Å². The van der Waals surface area contributed by atoms with Crippen LogP contribution in [0.15, 0.2) is 6.33 Å². The molecule has 7 heteroatoms. The number of H-pyrrole nitrogens is 1. The molecule has 0 atom stereocenters. The third-order valence-corrected chi connectivity index (χ3v) is 2.47. The maximum Gasteiger partial charge on any atom is 0.226 e. The van der Waals surface area contributed by atoms with E-state index in [-0.39, 0.29) is 5.54 Å². The fourth-order valence-corrected chi connectivity index (χ4v) is 1.75. The van der Waals surface area contributed by atoms with Crippen molar-refractivity contribution in [1.82, 2.24) is 19.9 Å². The Bertz CT molecular complexity index is 535. The summed E-state index contributed by atoms with van der Waals surface area (Å²) in [5.74, 6) is 1.24. The van der Waals surface area contributed by atoms with Crippen LogP contribution in [0.25, 0.3) is 11.2 Å². The molecule has 0 saturated heterocycles. The van der Waals surface area contributed by atoms with Crippen LogP contribution in [0.3, 0.4) is 0 Å². The minimum atomic E-state index is -0.230. The molecule has 0 aliphatic heterocycles. The first-order valence-electron chi connectivity index (χ1n) is 5.72. The second kappa shape index (κ2) is 4.77. The van der Waals surface area contributed by atoms with Crippen molar-refractivity contribution in [2.45, 2.75) is 19.4 Å². The Morgan fingerprint density at radius 1 is 1.39 bits per heavy atom. The van der Waals surface area contributed by atoms with Gasteiger partial charge in [0.25, 0.3) is 0 Å². The normalized spacial score (nSPS) is 11.8. The van der Waals surface area contributed by atoms with E-state index in [4.69, 9.17) is 4.74 Å². The largest absolute Gasteiger partial charge is 0.382 e. The van der Waals surface area contributed by atoms with E-state index in [1.165, 1.54) is 0 Å². The molecule has 98 valence electrons. The number of fused-ring (bicyclic) bond motifs is 1. The van der Waals surface area contributed by atoms with E-state index in [9.17, 15) is 0 Å². The van der Waals surface area contributed by atoms with Crippen LogP contribution in [0.5, 0.6) is 0 Å². The minimum Gasteiger partial charge on any atom is -0.382 e. The van der Waals surface area contributed by atoms with Crippen molar-refractivity contribution in [1.29, 1.82) is 0 Å². The van der Waals surface area contributed by atoms with E-state index in [0.717, 1.165) is 5.52 Å². The highest BCUT2D eigenvalue weighted by atomic mass is 16.5. The van der Waals surface area contributed by atoms with E-state index in [1.54, 1.807) is 20.5 Å². The standard InChI is InChI=1S/C11H18N6O/c1-11(2,5-18-4)17-9-7-8(14-6-13-7)15-10(12-3)16-9/h6H,5H2,1-4H3,(H3,12,13,14,15,16,17). The van der Waals surface area contributed by atoms with Crippen LogP contribution in [0.4, 0.5) is 11.8 Å². The molecule has 0 spiro atoms. The van der Waals surface area contributed by atoms with Gasteiger partial charge in [-0.3, -0.25) is 0 Å². The fraction of sp³-hybridized carbons (Fsp3) is 0.545. The number of nitrogens with one attached hydrogen (secondary N) is 3. The predicted molar refractivity (Wildman–Crippen MR) is 70.8 cm³/mol. The lowest BCUT2D eigenvalue weighted by atomic mass is 10.1. The van der Waals surface area contributed by atoms with E-state index in [0.29, 0.717) is 24.0 Å². The van der Waals surface area contributed by atoms with Crippen LogP contribution >= 0.6 is 0 Å². The van der Waals surface area contributed by atoms with Crippen molar-refractivity contribution < 1.29 is 4.74 Å². The van der Waals surface area contributed by atoms with Gasteiger partial charge in [-0.15, -0.1) is 0 Å². The Morgan fingerprint density at radius 3 is 2.83 bits per heavy atom. The van der Waals surface area contributed by atoms with Crippen molar-refractivity contribution in [2.24, 2.45) is 0 Å². The summed E-state index contributed by atoms with van der Waals surface area (Å²) < 4.78 is 5.18. The van der Waals surface area contributed by atoms with Crippen molar-refractivity contribution in [3.8, 4) is 0 Å². The summed E-state index contributed by atoms with van der Waals surface area (Å²) in [5, 5.41) is 6.26. The summed E-state index contributed by atoms with van der Waals surface area (Å²) in [5.41, 5.74) is 1.19. The van der Waals surface area contributed by atoms with E-state index in [2.05, 4.69) is 30.6 Å². The monoisotopic (exact) mass is 250 g/mol. The summed E-state index contributed by atoms with van der Waals surface area (Å²) >= 11 is 0. The fourth-order valence-electron chi connectivity index (χ4n) is 1.75. The highest BCUT2D eigenvalue weighted by Crippen LogP contribution is 2.22. The van der Waals surface area contributed by atoms with Crippen LogP contribution in [0.1, 0.15) is 13.8 Å². The Labute approximate surface area is 105 Å². The van der Waals surface area contributed by atoms with Gasteiger partial charge < -0.3 is 20.4 Å². The molecule has 0 radical (unpaired) electrons. The van der Waals surface area contributed by atoms with Gasteiger partial charge in [0, 0.05) is 14.2 Å². The number of aromatic nitrogens is 4. The molecule has 0 aromatic carbocycles. The SMILES string of the molecule is CNc1nc(NC(C)(C)COC)c2[nH]cnc2n1. The van der Waals surface area contributed by atoms with Gasteiger partial charge in [0.2, 0.25) is 5.95 Å². The Balaban J connectivity index is 2.39. The number of hydrogen-bond acceptors (Lipinski definition) is 6. The lowest BCUT2D eigenvalue weighted by Gasteiger charge is -2.26. The molecule has 2 rings (SSSR count). The Morgan fingerprint density at radius 2 is 2.17 bits per heavy atom. The first kappa shape index (κ1) is 12.6. The number of nitrogens with zero attached hydrogens (tertiary/aromatic N) is 3. The number of anilines is 2. The average molecular weight is 250 g/mol. The molecule has 0 fully saturated rings. The molecule has 2 aromatic rings. The van der Waals surface area contributed by atoms with Crippen molar-refractivity contribution in [3.05, 3.63) is 6.33 Å². The zero-order chi connectivity index (χ0) is 13.2. The molecule has 0 unspecified atom stereocenters. The second-order valence-electron chi connectivity index (χ2n) is 4.69. The maximum absolute atomic E-state index is 5.18. The maximum atomic E-state index is 5.18. The van der Waals surface area contributed by atoms with Crippen LogP contribution in [-0.4, -0.2) is 46.2 Å². The molecule has 0 aliphatic rings. The van der Waals surface area contributed by atoms with Gasteiger partial charge in [0.05, 0.1) is 18.5 Å². The quantitative estimate of drug-likeness (QED) is 0.739. The molecule has 18 heavy (non-hydrogen) atoms. The van der Waals surface area contributed by atoms with Crippen molar-refractivity contribution in [3.63, 3.8) is 0 Å². The number of aromatic amines is 1.